The van der Waals surface area contributed by atoms with E-state index in [2.05, 4.69) is 5.32 Å². The fraction of sp³-hybridized carbons (Fsp3) is 0.176. The molecule has 5 nitrogen and oxygen atoms in total. The maximum atomic E-state index is 11.8. The molecule has 0 saturated heterocycles. The van der Waals surface area contributed by atoms with Crippen LogP contribution >= 0.6 is 0 Å². The number of hydrogen-bond acceptors (Lipinski definition) is 4. The Morgan fingerprint density at radius 1 is 1.09 bits per heavy atom. The summed E-state index contributed by atoms with van der Waals surface area (Å²) in [6.07, 6.45) is 0. The van der Waals surface area contributed by atoms with E-state index in [0.717, 1.165) is 11.1 Å². The van der Waals surface area contributed by atoms with Gasteiger partial charge in [-0.25, -0.2) is 9.59 Å². The molecule has 0 heterocycles. The number of carboxylic acids is 1. The number of anilines is 2. The highest BCUT2D eigenvalue weighted by Crippen LogP contribution is 2.28. The number of ether oxygens (including phenoxy) is 1. The number of para-hydroxylation sites is 1. The second-order valence-electron chi connectivity index (χ2n) is 4.97. The van der Waals surface area contributed by atoms with E-state index in [1.54, 1.807) is 30.3 Å². The maximum Gasteiger partial charge on any atom is 0.339 e. The molecule has 0 amide bonds. The normalized spacial score (nSPS) is 10.1. The summed E-state index contributed by atoms with van der Waals surface area (Å²) in [6.45, 7) is 3.66. The SMILES string of the molecule is COC(=O)c1ccccc1Nc1c(C)cc(C)cc1C(=O)O. The number of carbonyl (C=O) groups is 2. The summed E-state index contributed by atoms with van der Waals surface area (Å²) in [5.41, 5.74) is 3.13. The molecule has 0 aliphatic heterocycles. The fourth-order valence-corrected chi connectivity index (χ4v) is 2.32. The number of benzene rings is 2. The molecule has 2 aromatic carbocycles. The van der Waals surface area contributed by atoms with E-state index in [9.17, 15) is 14.7 Å². The summed E-state index contributed by atoms with van der Waals surface area (Å²) in [5.74, 6) is -1.51. The van der Waals surface area contributed by atoms with Crippen LogP contribution in [-0.4, -0.2) is 24.2 Å². The summed E-state index contributed by atoms with van der Waals surface area (Å²) >= 11 is 0. The molecule has 0 unspecified atom stereocenters. The molecule has 0 fully saturated rings. The van der Waals surface area contributed by atoms with Crippen molar-refractivity contribution in [3.8, 4) is 0 Å². The van der Waals surface area contributed by atoms with Gasteiger partial charge in [0, 0.05) is 0 Å². The van der Waals surface area contributed by atoms with Crippen LogP contribution in [0.3, 0.4) is 0 Å². The quantitative estimate of drug-likeness (QED) is 0.845. The molecule has 2 N–H and O–H groups in total. The van der Waals surface area contributed by atoms with Crippen LogP contribution in [0.15, 0.2) is 36.4 Å². The highest BCUT2D eigenvalue weighted by molar-refractivity contribution is 6.00. The smallest absolute Gasteiger partial charge is 0.339 e. The maximum absolute atomic E-state index is 11.8. The van der Waals surface area contributed by atoms with Gasteiger partial charge in [0.25, 0.3) is 0 Å². The molecule has 2 rings (SSSR count). The molecule has 0 spiro atoms. The fourth-order valence-electron chi connectivity index (χ4n) is 2.32. The van der Waals surface area contributed by atoms with Gasteiger partial charge < -0.3 is 15.2 Å². The van der Waals surface area contributed by atoms with Crippen molar-refractivity contribution in [3.63, 3.8) is 0 Å². The number of nitrogens with one attached hydrogen (secondary N) is 1. The number of aromatic carboxylic acids is 1. The van der Waals surface area contributed by atoms with Gasteiger partial charge >= 0.3 is 11.9 Å². The van der Waals surface area contributed by atoms with Crippen LogP contribution in [0, 0.1) is 13.8 Å². The lowest BCUT2D eigenvalue weighted by Crippen LogP contribution is -2.09. The molecule has 0 radical (unpaired) electrons. The third kappa shape index (κ3) is 3.09. The van der Waals surface area contributed by atoms with E-state index in [0.29, 0.717) is 16.9 Å². The van der Waals surface area contributed by atoms with Gasteiger partial charge in [-0.1, -0.05) is 18.2 Å². The molecule has 0 aliphatic rings. The van der Waals surface area contributed by atoms with E-state index < -0.39 is 11.9 Å². The van der Waals surface area contributed by atoms with Crippen molar-refractivity contribution >= 4 is 23.3 Å². The third-order valence-corrected chi connectivity index (χ3v) is 3.30. The molecule has 5 heteroatoms. The molecular weight excluding hydrogens is 282 g/mol. The number of hydrogen-bond donors (Lipinski definition) is 2. The first kappa shape index (κ1) is 15.6. The minimum atomic E-state index is -1.02. The Bertz CT molecular complexity index is 737. The third-order valence-electron chi connectivity index (χ3n) is 3.30. The van der Waals surface area contributed by atoms with Crippen LogP contribution in [0.1, 0.15) is 31.8 Å². The Balaban J connectivity index is 2.53. The number of aryl methyl sites for hydroxylation is 2. The molecule has 0 aliphatic carbocycles. The lowest BCUT2D eigenvalue weighted by molar-refractivity contribution is 0.0601. The summed E-state index contributed by atoms with van der Waals surface area (Å²) < 4.78 is 4.75. The predicted molar refractivity (Wildman–Crippen MR) is 83.9 cm³/mol. The Kier molecular flexibility index (Phi) is 4.46. The Morgan fingerprint density at radius 2 is 1.77 bits per heavy atom. The van der Waals surface area contributed by atoms with Gasteiger partial charge in [0.1, 0.15) is 0 Å². The van der Waals surface area contributed by atoms with Gasteiger partial charge in [-0.05, 0) is 43.2 Å². The number of carboxylic acid groups (broad SMARTS) is 1. The highest BCUT2D eigenvalue weighted by Gasteiger charge is 2.17. The van der Waals surface area contributed by atoms with Gasteiger partial charge in [-0.3, -0.25) is 0 Å². The zero-order valence-corrected chi connectivity index (χ0v) is 12.6. The molecule has 0 aromatic heterocycles. The minimum Gasteiger partial charge on any atom is -0.478 e. The molecule has 0 atom stereocenters. The molecule has 2 aromatic rings. The van der Waals surface area contributed by atoms with E-state index in [1.807, 2.05) is 19.9 Å². The Morgan fingerprint density at radius 3 is 2.41 bits per heavy atom. The summed E-state index contributed by atoms with van der Waals surface area (Å²) in [5, 5.41) is 12.4. The van der Waals surface area contributed by atoms with E-state index in [4.69, 9.17) is 4.74 Å². The van der Waals surface area contributed by atoms with Gasteiger partial charge in [0.05, 0.1) is 29.6 Å². The number of methoxy groups -OCH3 is 1. The van der Waals surface area contributed by atoms with Crippen LogP contribution in [0.4, 0.5) is 11.4 Å². The lowest BCUT2D eigenvalue weighted by Gasteiger charge is -2.16. The highest BCUT2D eigenvalue weighted by atomic mass is 16.5. The van der Waals surface area contributed by atoms with Crippen molar-refractivity contribution in [1.82, 2.24) is 0 Å². The largest absolute Gasteiger partial charge is 0.478 e. The van der Waals surface area contributed by atoms with Gasteiger partial charge in [0.2, 0.25) is 0 Å². The van der Waals surface area contributed by atoms with Gasteiger partial charge in [-0.15, -0.1) is 0 Å². The molecular formula is C17H17NO4. The predicted octanol–water partition coefficient (Wildman–Crippen LogP) is 3.53. The zero-order valence-electron chi connectivity index (χ0n) is 12.6. The first-order valence-corrected chi connectivity index (χ1v) is 6.73. The van der Waals surface area contributed by atoms with Crippen LogP contribution in [-0.2, 0) is 4.74 Å². The lowest BCUT2D eigenvalue weighted by atomic mass is 10.0. The van der Waals surface area contributed by atoms with Crippen molar-refractivity contribution in [2.24, 2.45) is 0 Å². The molecule has 114 valence electrons. The second kappa shape index (κ2) is 6.30. The summed E-state index contributed by atoms with van der Waals surface area (Å²) in [6, 6.07) is 10.3. The van der Waals surface area contributed by atoms with Crippen molar-refractivity contribution in [3.05, 3.63) is 58.7 Å². The number of carbonyl (C=O) groups excluding carboxylic acids is 1. The molecule has 0 bridgehead atoms. The van der Waals surface area contributed by atoms with Crippen molar-refractivity contribution in [2.45, 2.75) is 13.8 Å². The van der Waals surface area contributed by atoms with Crippen LogP contribution in [0.25, 0.3) is 0 Å². The van der Waals surface area contributed by atoms with Crippen LogP contribution < -0.4 is 5.32 Å². The minimum absolute atomic E-state index is 0.164. The van der Waals surface area contributed by atoms with E-state index in [1.165, 1.54) is 7.11 Å². The topological polar surface area (TPSA) is 75.6 Å². The monoisotopic (exact) mass is 299 g/mol. The van der Waals surface area contributed by atoms with Crippen molar-refractivity contribution < 1.29 is 19.4 Å². The average molecular weight is 299 g/mol. The van der Waals surface area contributed by atoms with E-state index >= 15 is 0 Å². The standard InChI is InChI=1S/C17H17NO4/c1-10-8-11(2)15(13(9-10)16(19)20)18-14-7-5-4-6-12(14)17(21)22-3/h4-9,18H,1-3H3,(H,19,20). The van der Waals surface area contributed by atoms with E-state index in [-0.39, 0.29) is 5.56 Å². The first-order valence-electron chi connectivity index (χ1n) is 6.73. The number of rotatable bonds is 4. The Labute approximate surface area is 128 Å². The number of esters is 1. The van der Waals surface area contributed by atoms with Crippen LogP contribution in [0.5, 0.6) is 0 Å². The Hall–Kier alpha value is -2.82. The first-order chi connectivity index (χ1) is 10.4. The summed E-state index contributed by atoms with van der Waals surface area (Å²) in [4.78, 5) is 23.3. The van der Waals surface area contributed by atoms with Crippen LogP contribution in [0.2, 0.25) is 0 Å². The summed E-state index contributed by atoms with van der Waals surface area (Å²) in [7, 11) is 1.30. The van der Waals surface area contributed by atoms with Crippen molar-refractivity contribution in [1.29, 1.82) is 0 Å². The molecule has 22 heavy (non-hydrogen) atoms. The van der Waals surface area contributed by atoms with Crippen molar-refractivity contribution in [2.75, 3.05) is 12.4 Å². The van der Waals surface area contributed by atoms with Gasteiger partial charge in [0.15, 0.2) is 0 Å². The zero-order chi connectivity index (χ0) is 16.3. The second-order valence-corrected chi connectivity index (χ2v) is 4.97. The average Bonchev–Trinajstić information content (AvgIpc) is 2.49. The molecule has 0 saturated carbocycles. The van der Waals surface area contributed by atoms with Gasteiger partial charge in [-0.2, -0.15) is 0 Å².